The Morgan fingerprint density at radius 3 is 1.27 bits per heavy atom. The lowest BCUT2D eigenvalue weighted by molar-refractivity contribution is -0.147. The highest BCUT2D eigenvalue weighted by Gasteiger charge is 2.17. The summed E-state index contributed by atoms with van der Waals surface area (Å²) >= 11 is 6.20. The number of thioether (sulfide) groups is 4. The van der Waals surface area contributed by atoms with E-state index in [2.05, 4.69) is 0 Å². The van der Waals surface area contributed by atoms with Gasteiger partial charge in [-0.05, 0) is 61.0 Å². The SMILES string of the molecule is CSc1ccc(SCC(COCCOCC(CSc2ccc(SC)cc2)OC(=O)C=CC(=O)O)OC(=O)C=CC(=O)O)cc1. The zero-order valence-electron chi connectivity index (χ0n) is 24.1. The summed E-state index contributed by atoms with van der Waals surface area (Å²) in [6, 6.07) is 15.8. The van der Waals surface area contributed by atoms with E-state index in [0.29, 0.717) is 23.7 Å². The molecule has 2 aromatic carbocycles. The van der Waals surface area contributed by atoms with Gasteiger partial charge < -0.3 is 29.2 Å². The molecule has 0 heterocycles. The van der Waals surface area contributed by atoms with Crippen molar-refractivity contribution >= 4 is 70.9 Å². The first-order chi connectivity index (χ1) is 21.2. The summed E-state index contributed by atoms with van der Waals surface area (Å²) in [5.74, 6) is -3.35. The highest BCUT2D eigenvalue weighted by atomic mass is 32.2. The Morgan fingerprint density at radius 2 is 0.955 bits per heavy atom. The zero-order valence-corrected chi connectivity index (χ0v) is 27.4. The van der Waals surface area contributed by atoms with Crippen LogP contribution in [0.25, 0.3) is 0 Å². The van der Waals surface area contributed by atoms with Crippen LogP contribution in [0.1, 0.15) is 0 Å². The van der Waals surface area contributed by atoms with Gasteiger partial charge in [0.25, 0.3) is 0 Å². The minimum Gasteiger partial charge on any atom is -0.478 e. The molecular formula is C30H34O10S4. The Bertz CT molecular complexity index is 1150. The molecule has 0 bridgehead atoms. The maximum atomic E-state index is 12.1. The molecule has 0 saturated heterocycles. The van der Waals surface area contributed by atoms with Gasteiger partial charge in [-0.15, -0.1) is 47.0 Å². The quantitative estimate of drug-likeness (QED) is 0.0774. The first-order valence-electron chi connectivity index (χ1n) is 13.1. The Labute approximate surface area is 273 Å². The largest absolute Gasteiger partial charge is 0.478 e. The van der Waals surface area contributed by atoms with Crippen LogP contribution in [-0.4, -0.2) is 96.7 Å². The summed E-state index contributed by atoms with van der Waals surface area (Å²) in [5, 5.41) is 17.5. The summed E-state index contributed by atoms with van der Waals surface area (Å²) in [6.45, 7) is 0.391. The normalized spacial score (nSPS) is 12.7. The predicted octanol–water partition coefficient (Wildman–Crippen LogP) is 5.15. The van der Waals surface area contributed by atoms with Crippen LogP contribution in [0.15, 0.2) is 92.4 Å². The van der Waals surface area contributed by atoms with Gasteiger partial charge in [0, 0.05) is 55.4 Å². The molecule has 238 valence electrons. The molecule has 44 heavy (non-hydrogen) atoms. The minimum atomic E-state index is -1.26. The molecule has 0 radical (unpaired) electrons. The number of carbonyl (C=O) groups is 4. The molecule has 0 aliphatic carbocycles. The third-order valence-electron chi connectivity index (χ3n) is 5.26. The monoisotopic (exact) mass is 682 g/mol. The van der Waals surface area contributed by atoms with Gasteiger partial charge in [-0.2, -0.15) is 0 Å². The standard InChI is InChI=1S/C30H34O10S4/c1-41-23-3-7-25(8-4-23)43-19-21(39-29(35)13-11-27(31)32)17-37-15-16-38-18-22(40-30(36)14-12-28(33)34)20-44-26-9-5-24(42-2)6-10-26/h3-14,21-22H,15-20H2,1-2H3,(H,31,32)(H,33,34). The molecule has 0 aliphatic heterocycles. The van der Waals surface area contributed by atoms with Crippen molar-refractivity contribution in [3.63, 3.8) is 0 Å². The number of benzene rings is 2. The number of carbonyl (C=O) groups excluding carboxylic acids is 2. The molecule has 2 atom stereocenters. The number of carboxylic acids is 2. The van der Waals surface area contributed by atoms with Crippen LogP contribution in [0, 0.1) is 0 Å². The van der Waals surface area contributed by atoms with Crippen LogP contribution >= 0.6 is 47.0 Å². The Morgan fingerprint density at radius 1 is 0.614 bits per heavy atom. The Hall–Kier alpha value is -2.88. The van der Waals surface area contributed by atoms with Gasteiger partial charge in [0.05, 0.1) is 26.4 Å². The van der Waals surface area contributed by atoms with Crippen molar-refractivity contribution in [2.24, 2.45) is 0 Å². The van der Waals surface area contributed by atoms with Crippen molar-refractivity contribution in [1.29, 1.82) is 0 Å². The van der Waals surface area contributed by atoms with E-state index in [1.807, 2.05) is 61.0 Å². The fourth-order valence-corrected chi connectivity index (χ4v) is 5.75. The average Bonchev–Trinajstić information content (AvgIpc) is 3.02. The number of rotatable bonds is 21. The van der Waals surface area contributed by atoms with E-state index < -0.39 is 36.1 Å². The van der Waals surface area contributed by atoms with Crippen LogP contribution in [-0.2, 0) is 38.1 Å². The minimum absolute atomic E-state index is 0.0478. The second-order valence-electron chi connectivity index (χ2n) is 8.58. The van der Waals surface area contributed by atoms with Gasteiger partial charge in [-0.1, -0.05) is 0 Å². The number of esters is 2. The van der Waals surface area contributed by atoms with Crippen molar-refractivity contribution < 1.29 is 48.3 Å². The second-order valence-corrected chi connectivity index (χ2v) is 12.5. The van der Waals surface area contributed by atoms with Crippen molar-refractivity contribution in [1.82, 2.24) is 0 Å². The molecular weight excluding hydrogens is 649 g/mol. The second kappa shape index (κ2) is 21.8. The van der Waals surface area contributed by atoms with Crippen molar-refractivity contribution in [3.05, 3.63) is 72.8 Å². The predicted molar refractivity (Wildman–Crippen MR) is 173 cm³/mol. The maximum absolute atomic E-state index is 12.1. The molecule has 14 heteroatoms. The molecule has 0 fully saturated rings. The van der Waals surface area contributed by atoms with Gasteiger partial charge in [0.2, 0.25) is 0 Å². The summed E-state index contributed by atoms with van der Waals surface area (Å²) in [7, 11) is 0. The highest BCUT2D eigenvalue weighted by molar-refractivity contribution is 8.00. The lowest BCUT2D eigenvalue weighted by Gasteiger charge is -2.19. The van der Waals surface area contributed by atoms with Gasteiger partial charge in [0.1, 0.15) is 12.2 Å². The molecule has 0 spiro atoms. The molecule has 2 rings (SSSR count). The van der Waals surface area contributed by atoms with Crippen molar-refractivity contribution in [3.8, 4) is 0 Å². The van der Waals surface area contributed by atoms with E-state index in [1.54, 1.807) is 23.5 Å². The number of aliphatic carboxylic acids is 2. The molecule has 10 nitrogen and oxygen atoms in total. The average molecular weight is 683 g/mol. The number of hydrogen-bond donors (Lipinski definition) is 2. The lowest BCUT2D eigenvalue weighted by atomic mass is 10.4. The highest BCUT2D eigenvalue weighted by Crippen LogP contribution is 2.24. The van der Waals surface area contributed by atoms with E-state index in [-0.39, 0.29) is 26.4 Å². The van der Waals surface area contributed by atoms with Crippen LogP contribution in [0.2, 0.25) is 0 Å². The zero-order chi connectivity index (χ0) is 32.2. The fourth-order valence-electron chi connectivity index (χ4n) is 3.19. The first-order valence-corrected chi connectivity index (χ1v) is 17.5. The summed E-state index contributed by atoms with van der Waals surface area (Å²) in [4.78, 5) is 49.8. The van der Waals surface area contributed by atoms with Crippen LogP contribution in [0.3, 0.4) is 0 Å². The third-order valence-corrected chi connectivity index (χ3v) is 9.03. The van der Waals surface area contributed by atoms with Crippen LogP contribution in [0.5, 0.6) is 0 Å². The van der Waals surface area contributed by atoms with E-state index in [0.717, 1.165) is 31.7 Å². The number of ether oxygens (including phenoxy) is 4. The smallest absolute Gasteiger partial charge is 0.331 e. The van der Waals surface area contributed by atoms with Gasteiger partial charge >= 0.3 is 23.9 Å². The van der Waals surface area contributed by atoms with Crippen molar-refractivity contribution in [2.75, 3.05) is 50.4 Å². The van der Waals surface area contributed by atoms with Crippen LogP contribution in [0.4, 0.5) is 0 Å². The topological polar surface area (TPSA) is 146 Å². The van der Waals surface area contributed by atoms with Gasteiger partial charge in [-0.25, -0.2) is 19.2 Å². The summed E-state index contributed by atoms with van der Waals surface area (Å²) < 4.78 is 22.1. The number of hydrogen-bond acceptors (Lipinski definition) is 12. The summed E-state index contributed by atoms with van der Waals surface area (Å²) in [6.07, 6.45) is 5.77. The number of carboxylic acid groups (broad SMARTS) is 2. The van der Waals surface area contributed by atoms with Gasteiger partial charge in [-0.3, -0.25) is 0 Å². The van der Waals surface area contributed by atoms with E-state index in [4.69, 9.17) is 29.2 Å². The molecule has 0 amide bonds. The Balaban J connectivity index is 1.87. The van der Waals surface area contributed by atoms with E-state index >= 15 is 0 Å². The van der Waals surface area contributed by atoms with Gasteiger partial charge in [0.15, 0.2) is 0 Å². The summed E-state index contributed by atoms with van der Waals surface area (Å²) in [5.41, 5.74) is 0. The van der Waals surface area contributed by atoms with Crippen molar-refractivity contribution in [2.45, 2.75) is 31.8 Å². The molecule has 0 saturated carbocycles. The lowest BCUT2D eigenvalue weighted by Crippen LogP contribution is -2.28. The molecule has 2 aromatic rings. The molecule has 2 unspecified atom stereocenters. The first kappa shape index (κ1) is 37.3. The molecule has 2 N–H and O–H groups in total. The van der Waals surface area contributed by atoms with Crippen LogP contribution < -0.4 is 0 Å². The Kier molecular flexibility index (Phi) is 18.4. The maximum Gasteiger partial charge on any atom is 0.331 e. The molecule has 0 aromatic heterocycles. The van der Waals surface area contributed by atoms with E-state index in [9.17, 15) is 19.2 Å². The molecule has 0 aliphatic rings. The fraction of sp³-hybridized carbons (Fsp3) is 0.333. The third kappa shape index (κ3) is 16.8. The van der Waals surface area contributed by atoms with E-state index in [1.165, 1.54) is 23.5 Å².